The second-order valence-corrected chi connectivity index (χ2v) is 6.65. The fraction of sp³-hybridized carbons (Fsp3) is 0. The highest BCUT2D eigenvalue weighted by atomic mass is 32.2. The molecule has 3 rings (SSSR count). The van der Waals surface area contributed by atoms with Gasteiger partial charge in [-0.15, -0.1) is 0 Å². The average molecular weight is 348 g/mol. The van der Waals surface area contributed by atoms with Crippen molar-refractivity contribution in [3.8, 4) is 11.3 Å². The summed E-state index contributed by atoms with van der Waals surface area (Å²) in [4.78, 5) is 14.5. The standard InChI is InChI=1S/C16H10F2N2O3S/c17-14-6-2-1-5-13(14)16-15(18)11(10-21)9-20(16)24(22,23)12-4-3-7-19-8-12/h1-10H. The number of halogens is 2. The Morgan fingerprint density at radius 1 is 1.08 bits per heavy atom. The molecule has 0 saturated carbocycles. The van der Waals surface area contributed by atoms with Crippen LogP contribution in [-0.4, -0.2) is 23.7 Å². The van der Waals surface area contributed by atoms with E-state index < -0.39 is 32.9 Å². The van der Waals surface area contributed by atoms with Crippen molar-refractivity contribution >= 4 is 16.3 Å². The molecule has 8 heteroatoms. The number of carbonyl (C=O) groups is 1. The summed E-state index contributed by atoms with van der Waals surface area (Å²) < 4.78 is 54.6. The number of hydrogen-bond acceptors (Lipinski definition) is 4. The molecule has 2 heterocycles. The minimum absolute atomic E-state index is 0.176. The maximum atomic E-state index is 14.5. The summed E-state index contributed by atoms with van der Waals surface area (Å²) in [5, 5.41) is 0. The lowest BCUT2D eigenvalue weighted by Gasteiger charge is -2.11. The highest BCUT2D eigenvalue weighted by molar-refractivity contribution is 7.90. The van der Waals surface area contributed by atoms with Gasteiger partial charge in [0.05, 0.1) is 5.56 Å². The minimum Gasteiger partial charge on any atom is -0.298 e. The van der Waals surface area contributed by atoms with Gasteiger partial charge in [-0.1, -0.05) is 12.1 Å². The molecule has 0 bridgehead atoms. The highest BCUT2D eigenvalue weighted by Gasteiger charge is 2.27. The van der Waals surface area contributed by atoms with Crippen molar-refractivity contribution in [2.45, 2.75) is 4.90 Å². The van der Waals surface area contributed by atoms with Crippen LogP contribution in [0.1, 0.15) is 10.4 Å². The molecule has 0 aliphatic heterocycles. The lowest BCUT2D eigenvalue weighted by molar-refractivity contribution is 0.112. The normalized spacial score (nSPS) is 11.4. The number of nitrogens with zero attached hydrogens (tertiary/aromatic N) is 2. The third-order valence-electron chi connectivity index (χ3n) is 3.39. The third-order valence-corrected chi connectivity index (χ3v) is 5.03. The quantitative estimate of drug-likeness (QED) is 0.680. The Labute approximate surface area is 136 Å². The van der Waals surface area contributed by atoms with E-state index in [0.29, 0.717) is 3.97 Å². The fourth-order valence-corrected chi connectivity index (χ4v) is 3.60. The SMILES string of the molecule is O=Cc1cn(S(=O)(=O)c2cccnc2)c(-c2ccccc2F)c1F. The number of carbonyl (C=O) groups excluding carboxylic acids is 1. The van der Waals surface area contributed by atoms with E-state index in [2.05, 4.69) is 4.98 Å². The summed E-state index contributed by atoms with van der Waals surface area (Å²) in [6, 6.07) is 7.80. The van der Waals surface area contributed by atoms with E-state index in [1.807, 2.05) is 0 Å². The van der Waals surface area contributed by atoms with Crippen molar-refractivity contribution in [1.82, 2.24) is 8.96 Å². The first kappa shape index (κ1) is 16.0. The average Bonchev–Trinajstić information content (AvgIpc) is 2.93. The predicted octanol–water partition coefficient (Wildman–Crippen LogP) is 2.88. The fourth-order valence-electron chi connectivity index (χ4n) is 2.26. The van der Waals surface area contributed by atoms with Crippen molar-refractivity contribution in [3.63, 3.8) is 0 Å². The van der Waals surface area contributed by atoms with Crippen LogP contribution in [0.25, 0.3) is 11.3 Å². The molecular formula is C16H10F2N2O3S. The summed E-state index contributed by atoms with van der Waals surface area (Å²) >= 11 is 0. The summed E-state index contributed by atoms with van der Waals surface area (Å²) in [6.45, 7) is 0. The molecule has 0 unspecified atom stereocenters. The first-order chi connectivity index (χ1) is 11.5. The molecule has 24 heavy (non-hydrogen) atoms. The van der Waals surface area contributed by atoms with Crippen molar-refractivity contribution in [2.75, 3.05) is 0 Å². The Balaban J connectivity index is 2.34. The zero-order valence-electron chi connectivity index (χ0n) is 12.1. The molecule has 0 atom stereocenters. The maximum Gasteiger partial charge on any atom is 0.269 e. The molecular weight excluding hydrogens is 338 g/mol. The van der Waals surface area contributed by atoms with E-state index in [4.69, 9.17) is 0 Å². The molecule has 0 aliphatic carbocycles. The largest absolute Gasteiger partial charge is 0.298 e. The van der Waals surface area contributed by atoms with Crippen LogP contribution in [-0.2, 0) is 10.0 Å². The van der Waals surface area contributed by atoms with E-state index in [9.17, 15) is 22.0 Å². The van der Waals surface area contributed by atoms with E-state index in [0.717, 1.165) is 18.5 Å². The molecule has 2 aromatic heterocycles. The summed E-state index contributed by atoms with van der Waals surface area (Å²) in [5.41, 5.74) is -1.30. The van der Waals surface area contributed by atoms with Crippen molar-refractivity contribution < 1.29 is 22.0 Å². The van der Waals surface area contributed by atoms with Gasteiger partial charge in [-0.25, -0.2) is 21.2 Å². The molecule has 0 fully saturated rings. The summed E-state index contributed by atoms with van der Waals surface area (Å²) in [6.07, 6.45) is 3.46. The second kappa shape index (κ2) is 5.97. The summed E-state index contributed by atoms with van der Waals surface area (Å²) in [5.74, 6) is -1.92. The van der Waals surface area contributed by atoms with Gasteiger partial charge in [0.15, 0.2) is 12.1 Å². The molecule has 1 aromatic carbocycles. The van der Waals surface area contributed by atoms with Gasteiger partial charge in [0.2, 0.25) is 0 Å². The van der Waals surface area contributed by atoms with E-state index in [-0.39, 0.29) is 16.7 Å². The molecule has 0 amide bonds. The minimum atomic E-state index is -4.26. The van der Waals surface area contributed by atoms with Crippen LogP contribution in [0, 0.1) is 11.6 Å². The van der Waals surface area contributed by atoms with E-state index in [1.54, 1.807) is 0 Å². The molecule has 122 valence electrons. The van der Waals surface area contributed by atoms with Crippen LogP contribution >= 0.6 is 0 Å². The first-order valence-corrected chi connectivity index (χ1v) is 8.17. The number of hydrogen-bond donors (Lipinski definition) is 0. The van der Waals surface area contributed by atoms with E-state index >= 15 is 0 Å². The number of rotatable bonds is 4. The lowest BCUT2D eigenvalue weighted by atomic mass is 10.1. The van der Waals surface area contributed by atoms with Crippen LogP contribution < -0.4 is 0 Å². The molecule has 5 nitrogen and oxygen atoms in total. The van der Waals surface area contributed by atoms with Gasteiger partial charge in [-0.2, -0.15) is 0 Å². The van der Waals surface area contributed by atoms with Gasteiger partial charge in [-0.05, 0) is 24.3 Å². The molecule has 3 aromatic rings. The highest BCUT2D eigenvalue weighted by Crippen LogP contribution is 2.31. The Bertz CT molecular complexity index is 1020. The topological polar surface area (TPSA) is 69.0 Å². The number of benzene rings is 1. The van der Waals surface area contributed by atoms with Gasteiger partial charge in [-0.3, -0.25) is 9.78 Å². The van der Waals surface area contributed by atoms with Gasteiger partial charge >= 0.3 is 0 Å². The molecule has 0 spiro atoms. The monoisotopic (exact) mass is 348 g/mol. The van der Waals surface area contributed by atoms with Crippen LogP contribution in [0.3, 0.4) is 0 Å². The lowest BCUT2D eigenvalue weighted by Crippen LogP contribution is -2.14. The van der Waals surface area contributed by atoms with Gasteiger partial charge in [0, 0.05) is 24.2 Å². The Kier molecular flexibility index (Phi) is 3.98. The Morgan fingerprint density at radius 3 is 2.46 bits per heavy atom. The predicted molar refractivity (Wildman–Crippen MR) is 82.0 cm³/mol. The zero-order chi connectivity index (χ0) is 17.3. The maximum absolute atomic E-state index is 14.5. The van der Waals surface area contributed by atoms with Crippen molar-refractivity contribution in [1.29, 1.82) is 0 Å². The molecule has 0 saturated heterocycles. The van der Waals surface area contributed by atoms with Gasteiger partial charge in [0.25, 0.3) is 10.0 Å². The van der Waals surface area contributed by atoms with Crippen LogP contribution in [0.2, 0.25) is 0 Å². The van der Waals surface area contributed by atoms with Crippen molar-refractivity contribution in [2.24, 2.45) is 0 Å². The van der Waals surface area contributed by atoms with Gasteiger partial charge < -0.3 is 0 Å². The number of aldehydes is 1. The smallest absolute Gasteiger partial charge is 0.269 e. The Hall–Kier alpha value is -2.87. The Morgan fingerprint density at radius 2 is 1.83 bits per heavy atom. The van der Waals surface area contributed by atoms with Gasteiger partial charge in [0.1, 0.15) is 16.4 Å². The van der Waals surface area contributed by atoms with Crippen LogP contribution in [0.15, 0.2) is 59.9 Å². The first-order valence-electron chi connectivity index (χ1n) is 6.73. The third kappa shape index (κ3) is 2.50. The summed E-state index contributed by atoms with van der Waals surface area (Å²) in [7, 11) is -4.26. The molecule has 0 radical (unpaired) electrons. The number of pyridine rings is 1. The van der Waals surface area contributed by atoms with E-state index in [1.165, 1.54) is 36.5 Å². The van der Waals surface area contributed by atoms with Crippen molar-refractivity contribution in [3.05, 3.63) is 72.2 Å². The molecule has 0 N–H and O–H groups in total. The van der Waals surface area contributed by atoms with Crippen LogP contribution in [0.4, 0.5) is 8.78 Å². The zero-order valence-corrected chi connectivity index (χ0v) is 12.9. The van der Waals surface area contributed by atoms with Crippen LogP contribution in [0.5, 0.6) is 0 Å². The number of aromatic nitrogens is 2. The molecule has 0 aliphatic rings. The second-order valence-electron chi connectivity index (χ2n) is 4.83.